The van der Waals surface area contributed by atoms with Crippen LogP contribution >= 0.6 is 11.6 Å². The number of hydrogen-bond acceptors (Lipinski definition) is 4. The highest BCUT2D eigenvalue weighted by molar-refractivity contribution is 6.31. The predicted molar refractivity (Wildman–Crippen MR) is 60.6 cm³/mol. The largest absolute Gasteiger partial charge is 0.493 e. The molecular formula is C11H13ClO4. The minimum absolute atomic E-state index is 0.0822. The summed E-state index contributed by atoms with van der Waals surface area (Å²) in [6, 6.07) is 3.03. The number of rotatable bonds is 5. The van der Waals surface area contributed by atoms with Crippen molar-refractivity contribution in [2.45, 2.75) is 13.0 Å². The van der Waals surface area contributed by atoms with E-state index in [1.807, 2.05) is 0 Å². The Kier molecular flexibility index (Phi) is 4.58. The number of carbonyl (C=O) groups excluding carboxylic acids is 1. The third kappa shape index (κ3) is 3.12. The van der Waals surface area contributed by atoms with Gasteiger partial charge in [-0.25, -0.2) is 0 Å². The van der Waals surface area contributed by atoms with Crippen LogP contribution in [0, 0.1) is 0 Å². The molecule has 1 N–H and O–H groups in total. The van der Waals surface area contributed by atoms with E-state index in [9.17, 15) is 4.79 Å². The first-order chi connectivity index (χ1) is 7.58. The third-order valence-corrected chi connectivity index (χ3v) is 2.08. The van der Waals surface area contributed by atoms with E-state index in [0.717, 1.165) is 0 Å². The fraction of sp³-hybridized carbons (Fsp3) is 0.364. The summed E-state index contributed by atoms with van der Waals surface area (Å²) in [6.07, 6.45) is 0.00562. The number of aldehydes is 1. The summed E-state index contributed by atoms with van der Waals surface area (Å²) in [7, 11) is 1.45. The molecule has 1 atom stereocenters. The lowest BCUT2D eigenvalue weighted by atomic mass is 10.2. The molecule has 4 nitrogen and oxygen atoms in total. The van der Waals surface area contributed by atoms with E-state index >= 15 is 0 Å². The zero-order valence-electron chi connectivity index (χ0n) is 9.07. The van der Waals surface area contributed by atoms with Gasteiger partial charge >= 0.3 is 0 Å². The van der Waals surface area contributed by atoms with Gasteiger partial charge in [-0.15, -0.1) is 0 Å². The van der Waals surface area contributed by atoms with Gasteiger partial charge in [-0.05, 0) is 13.0 Å². The highest BCUT2D eigenvalue weighted by Gasteiger charge is 2.13. The van der Waals surface area contributed by atoms with Gasteiger partial charge in [-0.2, -0.15) is 0 Å². The second kappa shape index (κ2) is 5.72. The van der Waals surface area contributed by atoms with Crippen LogP contribution in [0.25, 0.3) is 0 Å². The molecule has 0 saturated carbocycles. The van der Waals surface area contributed by atoms with Gasteiger partial charge in [-0.1, -0.05) is 11.6 Å². The number of hydrogen-bond donors (Lipinski definition) is 1. The summed E-state index contributed by atoms with van der Waals surface area (Å²) in [5.74, 6) is 0.665. The molecule has 0 fully saturated rings. The van der Waals surface area contributed by atoms with Gasteiger partial charge in [0.05, 0.1) is 18.8 Å². The Morgan fingerprint density at radius 1 is 1.56 bits per heavy atom. The second-order valence-electron chi connectivity index (χ2n) is 3.30. The predicted octanol–water partition coefficient (Wildman–Crippen LogP) is 1.92. The van der Waals surface area contributed by atoms with Gasteiger partial charge in [0, 0.05) is 11.1 Å². The van der Waals surface area contributed by atoms with Crippen LogP contribution in [0.4, 0.5) is 0 Å². The topological polar surface area (TPSA) is 55.8 Å². The number of benzene rings is 1. The van der Waals surface area contributed by atoms with Gasteiger partial charge in [0.1, 0.15) is 6.61 Å². The lowest BCUT2D eigenvalue weighted by Crippen LogP contribution is -2.14. The molecule has 0 radical (unpaired) electrons. The summed E-state index contributed by atoms with van der Waals surface area (Å²) in [5, 5.41) is 9.51. The van der Waals surface area contributed by atoms with Crippen LogP contribution in [-0.2, 0) is 0 Å². The number of halogens is 1. The molecule has 5 heteroatoms. The van der Waals surface area contributed by atoms with Crippen LogP contribution in [0.3, 0.4) is 0 Å². The van der Waals surface area contributed by atoms with Crippen molar-refractivity contribution < 1.29 is 19.4 Å². The average Bonchev–Trinajstić information content (AvgIpc) is 2.25. The maximum atomic E-state index is 10.8. The maximum absolute atomic E-state index is 10.8. The Hall–Kier alpha value is -1.26. The van der Waals surface area contributed by atoms with Crippen LogP contribution in [-0.4, -0.2) is 31.2 Å². The molecule has 0 bridgehead atoms. The second-order valence-corrected chi connectivity index (χ2v) is 3.74. The average molecular weight is 245 g/mol. The molecular weight excluding hydrogens is 232 g/mol. The molecule has 0 heterocycles. The van der Waals surface area contributed by atoms with Crippen molar-refractivity contribution in [2.24, 2.45) is 0 Å². The molecule has 0 aliphatic carbocycles. The lowest BCUT2D eigenvalue weighted by Gasteiger charge is -2.14. The van der Waals surface area contributed by atoms with E-state index in [0.29, 0.717) is 28.4 Å². The fourth-order valence-electron chi connectivity index (χ4n) is 1.19. The van der Waals surface area contributed by atoms with E-state index in [1.165, 1.54) is 13.2 Å². The standard InChI is InChI=1S/C11H13ClO4/c1-7(14)6-16-11-8(5-13)3-9(12)4-10(11)15-2/h3-5,7,14H,6H2,1-2H3. The molecule has 88 valence electrons. The zero-order valence-corrected chi connectivity index (χ0v) is 9.82. The Morgan fingerprint density at radius 3 is 2.75 bits per heavy atom. The third-order valence-electron chi connectivity index (χ3n) is 1.86. The normalized spacial score (nSPS) is 12.0. The Labute approximate surface area is 98.7 Å². The number of ether oxygens (including phenoxy) is 2. The quantitative estimate of drug-likeness (QED) is 0.804. The van der Waals surface area contributed by atoms with Gasteiger partial charge in [0.25, 0.3) is 0 Å². The molecule has 1 unspecified atom stereocenters. The Balaban J connectivity index is 3.06. The van der Waals surface area contributed by atoms with Crippen molar-refractivity contribution >= 4 is 17.9 Å². The fourth-order valence-corrected chi connectivity index (χ4v) is 1.40. The Bertz CT molecular complexity index is 376. The van der Waals surface area contributed by atoms with Crippen molar-refractivity contribution in [2.75, 3.05) is 13.7 Å². The summed E-state index contributed by atoms with van der Waals surface area (Å²) in [4.78, 5) is 10.8. The Morgan fingerprint density at radius 2 is 2.25 bits per heavy atom. The molecule has 16 heavy (non-hydrogen) atoms. The monoisotopic (exact) mass is 244 g/mol. The molecule has 0 aliphatic rings. The summed E-state index contributed by atoms with van der Waals surface area (Å²) < 4.78 is 10.4. The minimum Gasteiger partial charge on any atom is -0.493 e. The van der Waals surface area contributed by atoms with Crippen molar-refractivity contribution in [3.8, 4) is 11.5 Å². The number of methoxy groups -OCH3 is 1. The first-order valence-corrected chi connectivity index (χ1v) is 5.09. The highest BCUT2D eigenvalue weighted by atomic mass is 35.5. The number of carbonyl (C=O) groups is 1. The molecule has 1 aromatic rings. The molecule has 0 spiro atoms. The van der Waals surface area contributed by atoms with Gasteiger partial charge < -0.3 is 14.6 Å². The molecule has 0 saturated heterocycles. The van der Waals surface area contributed by atoms with Crippen molar-refractivity contribution in [3.63, 3.8) is 0 Å². The van der Waals surface area contributed by atoms with E-state index < -0.39 is 6.10 Å². The van der Waals surface area contributed by atoms with Crippen molar-refractivity contribution in [3.05, 3.63) is 22.7 Å². The molecule has 0 aliphatic heterocycles. The molecule has 0 aromatic heterocycles. The van der Waals surface area contributed by atoms with Crippen LogP contribution in [0.15, 0.2) is 12.1 Å². The van der Waals surface area contributed by atoms with E-state index in [-0.39, 0.29) is 6.61 Å². The van der Waals surface area contributed by atoms with Crippen molar-refractivity contribution in [1.29, 1.82) is 0 Å². The summed E-state index contributed by atoms with van der Waals surface area (Å²) >= 11 is 5.80. The van der Waals surface area contributed by atoms with Crippen LogP contribution in [0.1, 0.15) is 17.3 Å². The molecule has 1 rings (SSSR count). The SMILES string of the molecule is COc1cc(Cl)cc(C=O)c1OCC(C)O. The number of aliphatic hydroxyl groups excluding tert-OH is 1. The first kappa shape index (κ1) is 12.8. The lowest BCUT2D eigenvalue weighted by molar-refractivity contribution is 0.109. The van der Waals surface area contributed by atoms with Gasteiger partial charge in [0.15, 0.2) is 17.8 Å². The van der Waals surface area contributed by atoms with Crippen LogP contribution < -0.4 is 9.47 Å². The highest BCUT2D eigenvalue weighted by Crippen LogP contribution is 2.33. The zero-order chi connectivity index (χ0) is 12.1. The van der Waals surface area contributed by atoms with Crippen LogP contribution in [0.2, 0.25) is 5.02 Å². The minimum atomic E-state index is -0.625. The summed E-state index contributed by atoms with van der Waals surface area (Å²) in [6.45, 7) is 1.67. The van der Waals surface area contributed by atoms with Crippen molar-refractivity contribution in [1.82, 2.24) is 0 Å². The maximum Gasteiger partial charge on any atom is 0.171 e. The van der Waals surface area contributed by atoms with E-state index in [2.05, 4.69) is 0 Å². The molecule has 1 aromatic carbocycles. The number of aliphatic hydroxyl groups is 1. The molecule has 0 amide bonds. The van der Waals surface area contributed by atoms with Gasteiger partial charge in [-0.3, -0.25) is 4.79 Å². The first-order valence-electron chi connectivity index (χ1n) is 4.72. The van der Waals surface area contributed by atoms with E-state index in [4.69, 9.17) is 26.2 Å². The van der Waals surface area contributed by atoms with Crippen LogP contribution in [0.5, 0.6) is 11.5 Å². The summed E-state index contributed by atoms with van der Waals surface area (Å²) in [5.41, 5.74) is 0.296. The smallest absolute Gasteiger partial charge is 0.171 e. The van der Waals surface area contributed by atoms with E-state index in [1.54, 1.807) is 13.0 Å². The van der Waals surface area contributed by atoms with Gasteiger partial charge in [0.2, 0.25) is 0 Å².